The minimum Gasteiger partial charge on any atom is -0.497 e. The maximum Gasteiger partial charge on any atom is 0.231 e. The highest BCUT2D eigenvalue weighted by Crippen LogP contribution is 2.22. The van der Waals surface area contributed by atoms with Gasteiger partial charge in [0.25, 0.3) is 0 Å². The van der Waals surface area contributed by atoms with E-state index >= 15 is 0 Å². The smallest absolute Gasteiger partial charge is 0.231 e. The monoisotopic (exact) mass is 305 g/mol. The summed E-state index contributed by atoms with van der Waals surface area (Å²) in [6.07, 6.45) is 0.368. The van der Waals surface area contributed by atoms with Crippen molar-refractivity contribution in [3.05, 3.63) is 72.3 Å². The Labute approximate surface area is 136 Å². The van der Waals surface area contributed by atoms with Crippen LogP contribution in [-0.2, 0) is 11.2 Å². The number of hydrogen-bond donors (Lipinski definition) is 0. The molecule has 0 aromatic heterocycles. The van der Waals surface area contributed by atoms with E-state index in [0.29, 0.717) is 6.42 Å². The Morgan fingerprint density at radius 2 is 1.65 bits per heavy atom. The van der Waals surface area contributed by atoms with E-state index in [0.717, 1.165) is 22.4 Å². The Hall–Kier alpha value is -2.81. The van der Waals surface area contributed by atoms with Crippen LogP contribution in [0.4, 0.5) is 5.69 Å². The van der Waals surface area contributed by atoms with Crippen LogP contribution in [0, 0.1) is 0 Å². The van der Waals surface area contributed by atoms with E-state index < -0.39 is 0 Å². The lowest BCUT2D eigenvalue weighted by Gasteiger charge is -2.18. The Balaban J connectivity index is 1.77. The molecule has 1 amide bonds. The lowest BCUT2D eigenvalue weighted by molar-refractivity contribution is -0.117. The van der Waals surface area contributed by atoms with Crippen molar-refractivity contribution < 1.29 is 9.53 Å². The molecule has 3 nitrogen and oxygen atoms in total. The fourth-order valence-electron chi connectivity index (χ4n) is 2.57. The van der Waals surface area contributed by atoms with Crippen molar-refractivity contribution in [3.8, 4) is 5.75 Å². The van der Waals surface area contributed by atoms with Crippen molar-refractivity contribution in [2.24, 2.45) is 0 Å². The third-order valence-electron chi connectivity index (χ3n) is 4.01. The van der Waals surface area contributed by atoms with E-state index in [9.17, 15) is 4.79 Å². The number of benzene rings is 3. The summed E-state index contributed by atoms with van der Waals surface area (Å²) in [5.41, 5.74) is 1.88. The summed E-state index contributed by atoms with van der Waals surface area (Å²) < 4.78 is 5.14. The van der Waals surface area contributed by atoms with Crippen LogP contribution >= 0.6 is 0 Å². The molecule has 0 fully saturated rings. The summed E-state index contributed by atoms with van der Waals surface area (Å²) >= 11 is 0. The molecular formula is C20H19NO2. The first-order valence-electron chi connectivity index (χ1n) is 7.55. The molecule has 0 bridgehead atoms. The second-order valence-electron chi connectivity index (χ2n) is 5.51. The van der Waals surface area contributed by atoms with Crippen molar-refractivity contribution in [1.82, 2.24) is 0 Å². The Morgan fingerprint density at radius 3 is 2.35 bits per heavy atom. The molecule has 0 unspecified atom stereocenters. The van der Waals surface area contributed by atoms with E-state index in [1.165, 1.54) is 5.39 Å². The summed E-state index contributed by atoms with van der Waals surface area (Å²) in [6, 6.07) is 21.8. The number of ether oxygens (including phenoxy) is 1. The predicted octanol–water partition coefficient (Wildman–Crippen LogP) is 4.05. The first-order chi connectivity index (χ1) is 11.2. The summed E-state index contributed by atoms with van der Waals surface area (Å²) in [5, 5.41) is 2.31. The highest BCUT2D eigenvalue weighted by atomic mass is 16.5. The van der Waals surface area contributed by atoms with Gasteiger partial charge in [0.15, 0.2) is 0 Å². The highest BCUT2D eigenvalue weighted by molar-refractivity contribution is 5.97. The number of hydrogen-bond acceptors (Lipinski definition) is 2. The number of carbonyl (C=O) groups is 1. The lowest BCUT2D eigenvalue weighted by Crippen LogP contribution is -2.27. The van der Waals surface area contributed by atoms with Gasteiger partial charge in [-0.05, 0) is 40.6 Å². The van der Waals surface area contributed by atoms with Gasteiger partial charge in [-0.1, -0.05) is 42.5 Å². The maximum absolute atomic E-state index is 12.5. The van der Waals surface area contributed by atoms with Gasteiger partial charge in [-0.2, -0.15) is 0 Å². The van der Waals surface area contributed by atoms with Crippen LogP contribution in [0.5, 0.6) is 5.75 Å². The number of carbonyl (C=O) groups excluding carboxylic acids is 1. The first-order valence-corrected chi connectivity index (χ1v) is 7.55. The zero-order valence-electron chi connectivity index (χ0n) is 13.3. The van der Waals surface area contributed by atoms with Gasteiger partial charge in [0, 0.05) is 12.7 Å². The molecule has 0 aliphatic carbocycles. The lowest BCUT2D eigenvalue weighted by atomic mass is 10.1. The van der Waals surface area contributed by atoms with E-state index in [-0.39, 0.29) is 5.91 Å². The molecule has 116 valence electrons. The molecular weight excluding hydrogens is 286 g/mol. The second-order valence-corrected chi connectivity index (χ2v) is 5.51. The van der Waals surface area contributed by atoms with Crippen molar-refractivity contribution in [3.63, 3.8) is 0 Å². The van der Waals surface area contributed by atoms with Gasteiger partial charge in [0.2, 0.25) is 5.91 Å². The number of fused-ring (bicyclic) bond motifs is 1. The average molecular weight is 305 g/mol. The third-order valence-corrected chi connectivity index (χ3v) is 4.01. The normalized spacial score (nSPS) is 10.5. The van der Waals surface area contributed by atoms with Crippen molar-refractivity contribution >= 4 is 22.4 Å². The summed E-state index contributed by atoms with van der Waals surface area (Å²) in [6.45, 7) is 0. The number of methoxy groups -OCH3 is 1. The van der Waals surface area contributed by atoms with Gasteiger partial charge in [-0.15, -0.1) is 0 Å². The molecule has 0 spiro atoms. The van der Waals surface area contributed by atoms with E-state index in [1.807, 2.05) is 61.6 Å². The molecule has 3 rings (SSSR count). The summed E-state index contributed by atoms with van der Waals surface area (Å²) in [7, 11) is 3.45. The third kappa shape index (κ3) is 3.34. The van der Waals surface area contributed by atoms with Crippen molar-refractivity contribution in [1.29, 1.82) is 0 Å². The van der Waals surface area contributed by atoms with Gasteiger partial charge in [-0.25, -0.2) is 0 Å². The van der Waals surface area contributed by atoms with Gasteiger partial charge in [-0.3, -0.25) is 4.79 Å². The zero-order valence-corrected chi connectivity index (χ0v) is 13.3. The summed E-state index contributed by atoms with van der Waals surface area (Å²) in [4.78, 5) is 14.2. The minimum atomic E-state index is 0.0606. The average Bonchev–Trinajstić information content (AvgIpc) is 2.61. The second kappa shape index (κ2) is 6.53. The molecule has 0 saturated heterocycles. The quantitative estimate of drug-likeness (QED) is 0.727. The van der Waals surface area contributed by atoms with Gasteiger partial charge < -0.3 is 9.64 Å². The van der Waals surface area contributed by atoms with E-state index in [4.69, 9.17) is 4.74 Å². The molecule has 3 aromatic rings. The molecule has 3 aromatic carbocycles. The number of likely N-dealkylation sites (N-methyl/N-ethyl adjacent to an activating group) is 1. The number of amides is 1. The van der Waals surface area contributed by atoms with Crippen LogP contribution in [0.25, 0.3) is 10.8 Å². The predicted molar refractivity (Wildman–Crippen MR) is 94.1 cm³/mol. The van der Waals surface area contributed by atoms with Crippen LogP contribution in [-0.4, -0.2) is 20.1 Å². The van der Waals surface area contributed by atoms with E-state index in [2.05, 4.69) is 12.1 Å². The van der Waals surface area contributed by atoms with Crippen LogP contribution in [0.2, 0.25) is 0 Å². The Kier molecular flexibility index (Phi) is 4.29. The molecule has 0 saturated carbocycles. The fourth-order valence-corrected chi connectivity index (χ4v) is 2.57. The molecule has 23 heavy (non-hydrogen) atoms. The topological polar surface area (TPSA) is 29.5 Å². The summed E-state index contributed by atoms with van der Waals surface area (Å²) in [5.74, 6) is 0.856. The molecule has 0 radical (unpaired) electrons. The molecule has 0 atom stereocenters. The largest absolute Gasteiger partial charge is 0.497 e. The Morgan fingerprint density at radius 1 is 0.957 bits per heavy atom. The standard InChI is InChI=1S/C20H19NO2/c1-21(18-10-9-16-5-3-4-6-17(16)14-18)20(22)13-15-7-11-19(23-2)12-8-15/h3-12,14H,13H2,1-2H3. The molecule has 0 heterocycles. The molecule has 3 heteroatoms. The number of rotatable bonds is 4. The maximum atomic E-state index is 12.5. The first kappa shape index (κ1) is 15.1. The zero-order chi connectivity index (χ0) is 16.2. The van der Waals surface area contributed by atoms with Crippen LogP contribution < -0.4 is 9.64 Å². The number of nitrogens with zero attached hydrogens (tertiary/aromatic N) is 1. The molecule has 0 aliphatic heterocycles. The number of anilines is 1. The van der Waals surface area contributed by atoms with Gasteiger partial charge in [0.1, 0.15) is 5.75 Å². The minimum absolute atomic E-state index is 0.0606. The van der Waals surface area contributed by atoms with E-state index in [1.54, 1.807) is 12.0 Å². The Bertz CT molecular complexity index is 824. The molecule has 0 aliphatic rings. The van der Waals surface area contributed by atoms with Crippen LogP contribution in [0.3, 0.4) is 0 Å². The fraction of sp³-hybridized carbons (Fsp3) is 0.150. The SMILES string of the molecule is COc1ccc(CC(=O)N(C)c2ccc3ccccc3c2)cc1. The van der Waals surface area contributed by atoms with Crippen molar-refractivity contribution in [2.45, 2.75) is 6.42 Å². The van der Waals surface area contributed by atoms with Crippen LogP contribution in [0.15, 0.2) is 66.7 Å². The van der Waals surface area contributed by atoms with Gasteiger partial charge in [0.05, 0.1) is 13.5 Å². The molecule has 0 N–H and O–H groups in total. The highest BCUT2D eigenvalue weighted by Gasteiger charge is 2.12. The van der Waals surface area contributed by atoms with Crippen molar-refractivity contribution in [2.75, 3.05) is 19.1 Å². The van der Waals surface area contributed by atoms with Crippen LogP contribution in [0.1, 0.15) is 5.56 Å². The van der Waals surface area contributed by atoms with Gasteiger partial charge >= 0.3 is 0 Å².